The summed E-state index contributed by atoms with van der Waals surface area (Å²) < 4.78 is 0. The van der Waals surface area contributed by atoms with Crippen LogP contribution in [0.2, 0.25) is 0 Å². The molecule has 1 atom stereocenters. The number of thioether (sulfide) groups is 1. The molecule has 1 N–H and O–H groups in total. The van der Waals surface area contributed by atoms with Crippen LogP contribution in [0.5, 0.6) is 0 Å². The van der Waals surface area contributed by atoms with Crippen molar-refractivity contribution in [2.75, 3.05) is 18.1 Å². The molecule has 2 heterocycles. The van der Waals surface area contributed by atoms with Crippen molar-refractivity contribution in [2.45, 2.75) is 12.6 Å². The summed E-state index contributed by atoms with van der Waals surface area (Å²) in [5, 5.41) is 12.1. The lowest BCUT2D eigenvalue weighted by atomic mass is 10.1. The second-order valence-electron chi connectivity index (χ2n) is 4.93. The molecule has 6 heteroatoms. The zero-order valence-electron chi connectivity index (χ0n) is 11.4. The number of benzene rings is 1. The van der Waals surface area contributed by atoms with E-state index in [4.69, 9.17) is 5.11 Å². The van der Waals surface area contributed by atoms with Gasteiger partial charge in [-0.2, -0.15) is 11.8 Å². The van der Waals surface area contributed by atoms with Gasteiger partial charge in [0.2, 0.25) is 0 Å². The lowest BCUT2D eigenvalue weighted by Gasteiger charge is -2.34. The van der Waals surface area contributed by atoms with Crippen molar-refractivity contribution in [1.29, 1.82) is 0 Å². The molecule has 4 nitrogen and oxygen atoms in total. The van der Waals surface area contributed by atoms with E-state index in [1.807, 2.05) is 35.5 Å². The van der Waals surface area contributed by atoms with Crippen molar-refractivity contribution in [3.63, 3.8) is 0 Å². The molecule has 1 aromatic heterocycles. The SMILES string of the molecule is O=C(O)c1ccc(CN2CCSCC2c2nccs2)cc1. The molecule has 1 aliphatic heterocycles. The van der Waals surface area contributed by atoms with Gasteiger partial charge in [0.25, 0.3) is 0 Å². The number of carbonyl (C=O) groups is 1. The van der Waals surface area contributed by atoms with Crippen molar-refractivity contribution in [1.82, 2.24) is 9.88 Å². The van der Waals surface area contributed by atoms with E-state index in [1.165, 1.54) is 5.01 Å². The molecule has 21 heavy (non-hydrogen) atoms. The fourth-order valence-electron chi connectivity index (χ4n) is 2.44. The van der Waals surface area contributed by atoms with Crippen LogP contribution < -0.4 is 0 Å². The molecule has 1 aliphatic rings. The third-order valence-electron chi connectivity index (χ3n) is 3.56. The number of hydrogen-bond acceptors (Lipinski definition) is 5. The normalized spacial score (nSPS) is 19.5. The monoisotopic (exact) mass is 320 g/mol. The van der Waals surface area contributed by atoms with Crippen LogP contribution in [0.15, 0.2) is 35.8 Å². The van der Waals surface area contributed by atoms with E-state index >= 15 is 0 Å². The maximum atomic E-state index is 10.9. The minimum atomic E-state index is -0.878. The van der Waals surface area contributed by atoms with Crippen molar-refractivity contribution < 1.29 is 9.90 Å². The maximum absolute atomic E-state index is 10.9. The largest absolute Gasteiger partial charge is 0.478 e. The van der Waals surface area contributed by atoms with Crippen LogP contribution >= 0.6 is 23.1 Å². The molecule has 0 radical (unpaired) electrons. The highest BCUT2D eigenvalue weighted by Crippen LogP contribution is 2.31. The Kier molecular flexibility index (Phi) is 4.57. The van der Waals surface area contributed by atoms with Crippen molar-refractivity contribution in [3.05, 3.63) is 52.0 Å². The summed E-state index contributed by atoms with van der Waals surface area (Å²) in [6.45, 7) is 1.88. The zero-order valence-corrected chi connectivity index (χ0v) is 13.1. The first-order valence-electron chi connectivity index (χ1n) is 6.77. The molecule has 0 aliphatic carbocycles. The van der Waals surface area contributed by atoms with Gasteiger partial charge in [0.1, 0.15) is 5.01 Å². The highest BCUT2D eigenvalue weighted by Gasteiger charge is 2.26. The van der Waals surface area contributed by atoms with Crippen molar-refractivity contribution >= 4 is 29.1 Å². The average molecular weight is 320 g/mol. The number of carboxylic acid groups (broad SMARTS) is 1. The van der Waals surface area contributed by atoms with Gasteiger partial charge in [0.05, 0.1) is 11.6 Å². The summed E-state index contributed by atoms with van der Waals surface area (Å²) >= 11 is 3.68. The summed E-state index contributed by atoms with van der Waals surface area (Å²) in [5.74, 6) is 1.33. The van der Waals surface area contributed by atoms with E-state index in [2.05, 4.69) is 9.88 Å². The molecule has 1 aromatic carbocycles. The summed E-state index contributed by atoms with van der Waals surface area (Å²) in [5.41, 5.74) is 1.48. The van der Waals surface area contributed by atoms with E-state index in [0.29, 0.717) is 11.6 Å². The number of rotatable bonds is 4. The summed E-state index contributed by atoms with van der Waals surface area (Å²) in [6.07, 6.45) is 1.86. The third kappa shape index (κ3) is 3.45. The number of aromatic nitrogens is 1. The Morgan fingerprint density at radius 2 is 2.19 bits per heavy atom. The molecule has 0 bridgehead atoms. The number of aromatic carboxylic acids is 1. The van der Waals surface area contributed by atoms with Gasteiger partial charge in [-0.25, -0.2) is 9.78 Å². The van der Waals surface area contributed by atoms with Crippen LogP contribution in [-0.2, 0) is 6.54 Å². The van der Waals surface area contributed by atoms with Crippen molar-refractivity contribution in [3.8, 4) is 0 Å². The van der Waals surface area contributed by atoms with Crippen molar-refractivity contribution in [2.24, 2.45) is 0 Å². The van der Waals surface area contributed by atoms with Crippen LogP contribution in [0.3, 0.4) is 0 Å². The van der Waals surface area contributed by atoms with Crippen LogP contribution in [0, 0.1) is 0 Å². The van der Waals surface area contributed by atoms with Crippen LogP contribution in [0.4, 0.5) is 0 Å². The van der Waals surface area contributed by atoms with Crippen LogP contribution in [0.25, 0.3) is 0 Å². The lowest BCUT2D eigenvalue weighted by molar-refractivity contribution is 0.0697. The van der Waals surface area contributed by atoms with Gasteiger partial charge in [-0.05, 0) is 17.7 Å². The fraction of sp³-hybridized carbons (Fsp3) is 0.333. The lowest BCUT2D eigenvalue weighted by Crippen LogP contribution is -2.35. The number of nitrogens with zero attached hydrogens (tertiary/aromatic N) is 2. The van der Waals surface area contributed by atoms with Gasteiger partial charge in [-0.15, -0.1) is 11.3 Å². The Morgan fingerprint density at radius 3 is 2.86 bits per heavy atom. The van der Waals surface area contributed by atoms with Gasteiger partial charge in [0, 0.05) is 36.2 Å². The number of carboxylic acids is 1. The Morgan fingerprint density at radius 1 is 1.38 bits per heavy atom. The smallest absolute Gasteiger partial charge is 0.335 e. The molecule has 1 unspecified atom stereocenters. The molecule has 1 saturated heterocycles. The van der Waals surface area contributed by atoms with Gasteiger partial charge in [-0.3, -0.25) is 4.90 Å². The van der Waals surface area contributed by atoms with E-state index in [9.17, 15) is 4.79 Å². The zero-order chi connectivity index (χ0) is 14.7. The maximum Gasteiger partial charge on any atom is 0.335 e. The molecule has 0 spiro atoms. The first-order valence-corrected chi connectivity index (χ1v) is 8.81. The molecule has 1 fully saturated rings. The van der Waals surface area contributed by atoms with Crippen LogP contribution in [0.1, 0.15) is 27.0 Å². The first kappa shape index (κ1) is 14.6. The van der Waals surface area contributed by atoms with E-state index in [-0.39, 0.29) is 0 Å². The summed E-state index contributed by atoms with van der Waals surface area (Å²) in [4.78, 5) is 17.8. The molecule has 0 amide bonds. The topological polar surface area (TPSA) is 53.4 Å². The quantitative estimate of drug-likeness (QED) is 0.938. The van der Waals surface area contributed by atoms with Gasteiger partial charge < -0.3 is 5.11 Å². The number of hydrogen-bond donors (Lipinski definition) is 1. The third-order valence-corrected chi connectivity index (χ3v) is 5.46. The first-order chi connectivity index (χ1) is 10.2. The molecule has 110 valence electrons. The van der Waals surface area contributed by atoms with Gasteiger partial charge >= 0.3 is 5.97 Å². The Balaban J connectivity index is 1.74. The summed E-state index contributed by atoms with van der Waals surface area (Å²) in [7, 11) is 0. The second kappa shape index (κ2) is 6.60. The van der Waals surface area contributed by atoms with Gasteiger partial charge in [-0.1, -0.05) is 12.1 Å². The predicted octanol–water partition coefficient (Wildman–Crippen LogP) is 3.13. The van der Waals surface area contributed by atoms with E-state index in [0.717, 1.165) is 30.2 Å². The van der Waals surface area contributed by atoms with Gasteiger partial charge in [0.15, 0.2) is 0 Å². The Labute approximate surface area is 131 Å². The Hall–Kier alpha value is -1.37. The molecule has 0 saturated carbocycles. The Bertz CT molecular complexity index is 599. The average Bonchev–Trinajstić information content (AvgIpc) is 3.02. The molecule has 2 aromatic rings. The standard InChI is InChI=1S/C15H16N2O2S2/c18-15(19)12-3-1-11(2-4-12)9-17-6-8-20-10-13(17)14-16-5-7-21-14/h1-5,7,13H,6,8-10H2,(H,18,19). The minimum absolute atomic E-state index is 0.337. The summed E-state index contributed by atoms with van der Waals surface area (Å²) in [6, 6.07) is 7.53. The number of thiazole rings is 1. The predicted molar refractivity (Wildman–Crippen MR) is 86.0 cm³/mol. The fourth-order valence-corrected chi connectivity index (χ4v) is 4.44. The molecular weight excluding hydrogens is 304 g/mol. The molecule has 3 rings (SSSR count). The van der Waals surface area contributed by atoms with E-state index in [1.54, 1.807) is 23.5 Å². The second-order valence-corrected chi connectivity index (χ2v) is 7.01. The highest BCUT2D eigenvalue weighted by molar-refractivity contribution is 7.99. The minimum Gasteiger partial charge on any atom is -0.478 e. The van der Waals surface area contributed by atoms with Crippen LogP contribution in [-0.4, -0.2) is 39.0 Å². The van der Waals surface area contributed by atoms with E-state index < -0.39 is 5.97 Å². The highest BCUT2D eigenvalue weighted by atomic mass is 32.2. The molecular formula is C15H16N2O2S2.